The van der Waals surface area contributed by atoms with Crippen LogP contribution in [0.15, 0.2) is 60.8 Å². The third-order valence-electron chi connectivity index (χ3n) is 6.27. The number of carbonyl (C=O) groups is 3. The Balaban J connectivity index is 0.00000306. The Hall–Kier alpha value is -3.45. The summed E-state index contributed by atoms with van der Waals surface area (Å²) in [4.78, 5) is 45.3. The first-order valence-corrected chi connectivity index (χ1v) is 10.4. The number of urea groups is 1. The van der Waals surface area contributed by atoms with Crippen LogP contribution in [-0.4, -0.2) is 38.4 Å². The van der Waals surface area contributed by atoms with Crippen LogP contribution in [0, 0.1) is 0 Å². The Bertz CT molecular complexity index is 1230. The molecule has 0 unspecified atom stereocenters. The van der Waals surface area contributed by atoms with Crippen molar-refractivity contribution in [1.82, 2.24) is 9.88 Å². The Kier molecular flexibility index (Phi) is 6.22. The molecular formula is C25H26ClN3O4. The molecule has 3 aromatic rings. The van der Waals surface area contributed by atoms with Crippen molar-refractivity contribution in [3.8, 4) is 0 Å². The Labute approximate surface area is 198 Å². The van der Waals surface area contributed by atoms with Crippen molar-refractivity contribution in [2.75, 3.05) is 4.90 Å². The number of halogens is 1. The maximum absolute atomic E-state index is 13.4. The normalized spacial score (nSPS) is 15.6. The molecule has 1 aliphatic rings. The number of carbonyl (C=O) groups excluding carboxylic acids is 2. The van der Waals surface area contributed by atoms with Gasteiger partial charge in [-0.25, -0.2) is 9.69 Å². The van der Waals surface area contributed by atoms with Gasteiger partial charge >= 0.3 is 12.0 Å². The number of hydrogen-bond acceptors (Lipinski definition) is 4. The number of imide groups is 1. The molecule has 0 saturated carbocycles. The predicted molar refractivity (Wildman–Crippen MR) is 129 cm³/mol. The summed E-state index contributed by atoms with van der Waals surface area (Å²) in [6.07, 6.45) is 1.70. The van der Waals surface area contributed by atoms with Crippen molar-refractivity contribution >= 4 is 46.9 Å². The summed E-state index contributed by atoms with van der Waals surface area (Å²) in [5.41, 5.74) is 0.623. The summed E-state index contributed by atoms with van der Waals surface area (Å²) in [6, 6.07) is 15.7. The highest BCUT2D eigenvalue weighted by atomic mass is 35.5. The van der Waals surface area contributed by atoms with Gasteiger partial charge in [0.05, 0.1) is 16.6 Å². The molecule has 172 valence electrons. The summed E-state index contributed by atoms with van der Waals surface area (Å²) >= 11 is 0. The lowest BCUT2D eigenvalue weighted by Gasteiger charge is -2.28. The smallest absolute Gasteiger partial charge is 0.332 e. The maximum Gasteiger partial charge on any atom is 0.332 e. The van der Waals surface area contributed by atoms with Crippen LogP contribution in [-0.2, 0) is 21.5 Å². The first-order chi connectivity index (χ1) is 15.0. The average Bonchev–Trinajstić information content (AvgIpc) is 2.93. The molecule has 0 atom stereocenters. The summed E-state index contributed by atoms with van der Waals surface area (Å²) in [6.45, 7) is 6.96. The van der Waals surface area contributed by atoms with Crippen LogP contribution in [0.4, 0.5) is 10.5 Å². The zero-order valence-corrected chi connectivity index (χ0v) is 19.7. The van der Waals surface area contributed by atoms with Gasteiger partial charge in [-0.1, -0.05) is 30.3 Å². The van der Waals surface area contributed by atoms with Crippen LogP contribution in [0.3, 0.4) is 0 Å². The van der Waals surface area contributed by atoms with E-state index < -0.39 is 23.0 Å². The van der Waals surface area contributed by atoms with E-state index in [2.05, 4.69) is 4.98 Å². The van der Waals surface area contributed by atoms with Gasteiger partial charge in [0.1, 0.15) is 5.54 Å². The fourth-order valence-electron chi connectivity index (χ4n) is 3.94. The lowest BCUT2D eigenvalue weighted by atomic mass is 9.85. The van der Waals surface area contributed by atoms with Crippen molar-refractivity contribution in [3.05, 3.63) is 71.9 Å². The van der Waals surface area contributed by atoms with Crippen molar-refractivity contribution in [2.45, 2.75) is 45.2 Å². The lowest BCUT2D eigenvalue weighted by molar-refractivity contribution is -0.142. The first-order valence-electron chi connectivity index (χ1n) is 10.4. The van der Waals surface area contributed by atoms with E-state index in [0.29, 0.717) is 11.3 Å². The summed E-state index contributed by atoms with van der Waals surface area (Å²) in [5.74, 6) is -1.28. The van der Waals surface area contributed by atoms with Gasteiger partial charge in [0, 0.05) is 18.1 Å². The number of fused-ring (bicyclic) bond motifs is 1. The van der Waals surface area contributed by atoms with E-state index in [1.165, 1.54) is 4.90 Å². The molecule has 8 heteroatoms. The number of amides is 3. The number of aromatic nitrogens is 1. The SMILES string of the molecule is CC(C)(C(=O)O)c1ccc(N2C(=O)N(Cc3ccnc4ccccc34)C(C)(C)C2=O)cc1.Cl. The highest BCUT2D eigenvalue weighted by molar-refractivity contribution is 6.23. The number of rotatable bonds is 5. The van der Waals surface area contributed by atoms with E-state index in [1.807, 2.05) is 30.3 Å². The minimum Gasteiger partial charge on any atom is -0.481 e. The molecule has 0 radical (unpaired) electrons. The van der Waals surface area contributed by atoms with Gasteiger partial charge in [0.2, 0.25) is 0 Å². The number of hydrogen-bond donors (Lipinski definition) is 1. The van der Waals surface area contributed by atoms with E-state index in [9.17, 15) is 19.5 Å². The average molecular weight is 468 g/mol. The third-order valence-corrected chi connectivity index (χ3v) is 6.27. The van der Waals surface area contributed by atoms with Gasteiger partial charge in [0.25, 0.3) is 5.91 Å². The van der Waals surface area contributed by atoms with Gasteiger partial charge in [0.15, 0.2) is 0 Å². The topological polar surface area (TPSA) is 90.8 Å². The zero-order chi connectivity index (χ0) is 23.3. The summed E-state index contributed by atoms with van der Waals surface area (Å²) in [7, 11) is 0. The van der Waals surface area contributed by atoms with Gasteiger partial charge in [-0.05, 0) is 63.1 Å². The lowest BCUT2D eigenvalue weighted by Crippen LogP contribution is -2.43. The van der Waals surface area contributed by atoms with Crippen molar-refractivity contribution in [2.24, 2.45) is 0 Å². The summed E-state index contributed by atoms with van der Waals surface area (Å²) < 4.78 is 0. The number of carboxylic acid groups (broad SMARTS) is 1. The number of carboxylic acids is 1. The van der Waals surface area contributed by atoms with Gasteiger partial charge in [-0.3, -0.25) is 14.6 Å². The molecule has 1 saturated heterocycles. The molecule has 2 heterocycles. The highest BCUT2D eigenvalue weighted by Crippen LogP contribution is 2.35. The molecule has 1 aromatic heterocycles. The predicted octanol–water partition coefficient (Wildman–Crippen LogP) is 4.77. The maximum atomic E-state index is 13.4. The van der Waals surface area contributed by atoms with Crippen molar-refractivity contribution in [3.63, 3.8) is 0 Å². The van der Waals surface area contributed by atoms with Crippen LogP contribution in [0.5, 0.6) is 0 Å². The van der Waals surface area contributed by atoms with E-state index in [4.69, 9.17) is 0 Å². The Morgan fingerprint density at radius 2 is 1.67 bits per heavy atom. The van der Waals surface area contributed by atoms with Crippen LogP contribution >= 0.6 is 12.4 Å². The number of anilines is 1. The standard InChI is InChI=1S/C25H25N3O4.ClH/c1-24(2,22(30)31)17-9-11-18(12-10-17)28-21(29)25(3,4)27(23(28)32)15-16-13-14-26-20-8-6-5-7-19(16)20;/h5-14H,15H2,1-4H3,(H,30,31);1H. The molecule has 0 aliphatic carbocycles. The van der Waals surface area contributed by atoms with Gasteiger partial charge in [-0.15, -0.1) is 12.4 Å². The quantitative estimate of drug-likeness (QED) is 0.546. The van der Waals surface area contributed by atoms with Crippen LogP contribution in [0.25, 0.3) is 10.9 Å². The molecule has 1 fully saturated rings. The summed E-state index contributed by atoms with van der Waals surface area (Å²) in [5, 5.41) is 10.4. The van der Waals surface area contributed by atoms with Crippen LogP contribution in [0.2, 0.25) is 0 Å². The van der Waals surface area contributed by atoms with Crippen molar-refractivity contribution < 1.29 is 19.5 Å². The number of benzene rings is 2. The molecular weight excluding hydrogens is 442 g/mol. The largest absolute Gasteiger partial charge is 0.481 e. The fourth-order valence-corrected chi connectivity index (χ4v) is 3.94. The second-order valence-electron chi connectivity index (χ2n) is 9.03. The molecule has 0 spiro atoms. The number of pyridine rings is 1. The minimum atomic E-state index is -1.08. The number of aliphatic carboxylic acids is 1. The van der Waals surface area contributed by atoms with E-state index in [1.54, 1.807) is 63.1 Å². The van der Waals surface area contributed by atoms with Crippen LogP contribution < -0.4 is 4.90 Å². The monoisotopic (exact) mass is 467 g/mol. The Morgan fingerprint density at radius 1 is 1.03 bits per heavy atom. The molecule has 7 nitrogen and oxygen atoms in total. The first kappa shape index (κ1) is 24.2. The molecule has 33 heavy (non-hydrogen) atoms. The number of para-hydroxylation sites is 1. The van der Waals surface area contributed by atoms with E-state index in [-0.39, 0.29) is 24.9 Å². The molecule has 0 bridgehead atoms. The second kappa shape index (κ2) is 8.48. The second-order valence-corrected chi connectivity index (χ2v) is 9.03. The van der Waals surface area contributed by atoms with Gasteiger partial charge < -0.3 is 10.0 Å². The van der Waals surface area contributed by atoms with E-state index >= 15 is 0 Å². The van der Waals surface area contributed by atoms with Crippen LogP contribution in [0.1, 0.15) is 38.8 Å². The molecule has 1 N–H and O–H groups in total. The fraction of sp³-hybridized carbons (Fsp3) is 0.280. The molecule has 3 amide bonds. The molecule has 2 aromatic carbocycles. The van der Waals surface area contributed by atoms with Crippen molar-refractivity contribution in [1.29, 1.82) is 0 Å². The minimum absolute atomic E-state index is 0. The van der Waals surface area contributed by atoms with Gasteiger partial charge in [-0.2, -0.15) is 0 Å². The molecule has 4 rings (SSSR count). The third kappa shape index (κ3) is 3.93. The highest BCUT2D eigenvalue weighted by Gasteiger charge is 2.51. The zero-order valence-electron chi connectivity index (χ0n) is 18.9. The van der Waals surface area contributed by atoms with E-state index in [0.717, 1.165) is 16.5 Å². The Morgan fingerprint density at radius 3 is 2.30 bits per heavy atom. The molecule has 1 aliphatic heterocycles. The number of nitrogens with zero attached hydrogens (tertiary/aromatic N) is 3.